The number of likely N-dealkylation sites (tertiary alicyclic amines) is 1. The minimum Gasteiger partial charge on any atom is -0.497 e. The Kier molecular flexibility index (Phi) is 4.63. The standard InChI is InChI=1S/C15H17F2NO4/c1-21-11-7-10(9-19)13(22-2)12(8-11)15(16,17)14(20)18-5-3-4-6-18/h7-9H,3-6H2,1-2H3. The molecule has 1 aromatic carbocycles. The third kappa shape index (κ3) is 2.75. The number of nitrogens with zero attached hydrogens (tertiary/aromatic N) is 1. The van der Waals surface area contributed by atoms with Gasteiger partial charge in [-0.3, -0.25) is 9.59 Å². The fourth-order valence-corrected chi connectivity index (χ4v) is 2.52. The summed E-state index contributed by atoms with van der Waals surface area (Å²) in [5, 5.41) is 0. The maximum Gasteiger partial charge on any atom is 0.353 e. The lowest BCUT2D eigenvalue weighted by molar-refractivity contribution is -0.158. The van der Waals surface area contributed by atoms with Crippen LogP contribution in [0.15, 0.2) is 12.1 Å². The van der Waals surface area contributed by atoms with Crippen molar-refractivity contribution in [1.29, 1.82) is 0 Å². The fourth-order valence-electron chi connectivity index (χ4n) is 2.52. The van der Waals surface area contributed by atoms with E-state index >= 15 is 0 Å². The number of carbonyl (C=O) groups is 2. The van der Waals surface area contributed by atoms with Crippen molar-refractivity contribution >= 4 is 12.2 Å². The van der Waals surface area contributed by atoms with E-state index in [0.717, 1.165) is 11.0 Å². The monoisotopic (exact) mass is 313 g/mol. The molecule has 0 N–H and O–H groups in total. The highest BCUT2D eigenvalue weighted by atomic mass is 19.3. The van der Waals surface area contributed by atoms with Gasteiger partial charge in [-0.1, -0.05) is 0 Å². The van der Waals surface area contributed by atoms with Crippen LogP contribution < -0.4 is 9.47 Å². The Hall–Kier alpha value is -2.18. The van der Waals surface area contributed by atoms with Crippen molar-refractivity contribution in [1.82, 2.24) is 4.90 Å². The van der Waals surface area contributed by atoms with Crippen LogP contribution in [-0.4, -0.2) is 44.4 Å². The SMILES string of the molecule is COc1cc(C=O)c(OC)c(C(F)(F)C(=O)N2CCCC2)c1. The van der Waals surface area contributed by atoms with E-state index in [1.54, 1.807) is 0 Å². The van der Waals surface area contributed by atoms with Gasteiger partial charge in [0.15, 0.2) is 6.29 Å². The first-order valence-corrected chi connectivity index (χ1v) is 6.84. The third-order valence-corrected chi connectivity index (χ3v) is 3.66. The number of methoxy groups -OCH3 is 2. The molecule has 1 aliphatic rings. The second kappa shape index (κ2) is 6.29. The summed E-state index contributed by atoms with van der Waals surface area (Å²) in [5.41, 5.74) is -0.751. The lowest BCUT2D eigenvalue weighted by Gasteiger charge is -2.25. The van der Waals surface area contributed by atoms with Crippen molar-refractivity contribution in [2.75, 3.05) is 27.3 Å². The van der Waals surface area contributed by atoms with E-state index < -0.39 is 17.4 Å². The Morgan fingerprint density at radius 1 is 1.23 bits per heavy atom. The number of amides is 1. The topological polar surface area (TPSA) is 55.8 Å². The molecule has 1 heterocycles. The molecule has 0 bridgehead atoms. The fraction of sp³-hybridized carbons (Fsp3) is 0.467. The van der Waals surface area contributed by atoms with Crippen LogP contribution in [0.3, 0.4) is 0 Å². The van der Waals surface area contributed by atoms with Gasteiger partial charge >= 0.3 is 5.92 Å². The predicted molar refractivity (Wildman–Crippen MR) is 74.6 cm³/mol. The highest BCUT2D eigenvalue weighted by Gasteiger charge is 2.47. The van der Waals surface area contributed by atoms with Crippen molar-refractivity contribution < 1.29 is 27.8 Å². The van der Waals surface area contributed by atoms with Gasteiger partial charge in [0.2, 0.25) is 0 Å². The first-order chi connectivity index (χ1) is 10.5. The number of carbonyl (C=O) groups excluding carboxylic acids is 2. The van der Waals surface area contributed by atoms with Crippen molar-refractivity contribution in [2.24, 2.45) is 0 Å². The molecule has 0 saturated carbocycles. The molecule has 120 valence electrons. The zero-order chi connectivity index (χ0) is 16.3. The van der Waals surface area contributed by atoms with Gasteiger partial charge in [0.25, 0.3) is 5.91 Å². The molecule has 1 aromatic rings. The zero-order valence-electron chi connectivity index (χ0n) is 12.4. The van der Waals surface area contributed by atoms with Crippen LogP contribution in [0.1, 0.15) is 28.8 Å². The minimum absolute atomic E-state index is 0.0618. The molecule has 5 nitrogen and oxygen atoms in total. The van der Waals surface area contributed by atoms with Crippen LogP contribution in [-0.2, 0) is 10.7 Å². The summed E-state index contributed by atoms with van der Waals surface area (Å²) < 4.78 is 39.1. The van der Waals surface area contributed by atoms with Crippen molar-refractivity contribution in [2.45, 2.75) is 18.8 Å². The lowest BCUT2D eigenvalue weighted by atomic mass is 10.0. The highest BCUT2D eigenvalue weighted by molar-refractivity contribution is 5.89. The van der Waals surface area contributed by atoms with E-state index in [4.69, 9.17) is 9.47 Å². The first-order valence-electron chi connectivity index (χ1n) is 6.84. The number of rotatable bonds is 5. The third-order valence-electron chi connectivity index (χ3n) is 3.66. The molecule has 0 aliphatic carbocycles. The van der Waals surface area contributed by atoms with Crippen LogP contribution in [0.25, 0.3) is 0 Å². The molecule has 22 heavy (non-hydrogen) atoms. The van der Waals surface area contributed by atoms with Gasteiger partial charge in [0, 0.05) is 13.1 Å². The molecule has 1 saturated heterocycles. The van der Waals surface area contributed by atoms with Crippen molar-refractivity contribution in [3.05, 3.63) is 23.3 Å². The van der Waals surface area contributed by atoms with E-state index in [2.05, 4.69) is 0 Å². The molecule has 0 spiro atoms. The zero-order valence-corrected chi connectivity index (χ0v) is 12.4. The summed E-state index contributed by atoms with van der Waals surface area (Å²) >= 11 is 0. The Bertz CT molecular complexity index is 583. The van der Waals surface area contributed by atoms with Crippen LogP contribution in [0.4, 0.5) is 8.78 Å². The molecular weight excluding hydrogens is 296 g/mol. The Morgan fingerprint density at radius 3 is 2.36 bits per heavy atom. The highest BCUT2D eigenvalue weighted by Crippen LogP contribution is 2.41. The summed E-state index contributed by atoms with van der Waals surface area (Å²) in [6, 6.07) is 2.31. The van der Waals surface area contributed by atoms with Crippen molar-refractivity contribution in [3.8, 4) is 11.5 Å². The van der Waals surface area contributed by atoms with E-state index in [0.29, 0.717) is 32.2 Å². The summed E-state index contributed by atoms with van der Waals surface area (Å²) in [6.07, 6.45) is 1.80. The summed E-state index contributed by atoms with van der Waals surface area (Å²) in [4.78, 5) is 24.3. The number of alkyl halides is 2. The minimum atomic E-state index is -3.79. The lowest BCUT2D eigenvalue weighted by Crippen LogP contribution is -2.40. The molecule has 0 unspecified atom stereocenters. The van der Waals surface area contributed by atoms with Gasteiger partial charge in [-0.15, -0.1) is 0 Å². The van der Waals surface area contributed by atoms with E-state index in [1.807, 2.05) is 0 Å². The number of aldehydes is 1. The second-order valence-electron chi connectivity index (χ2n) is 4.99. The summed E-state index contributed by atoms with van der Waals surface area (Å²) in [7, 11) is 2.47. The predicted octanol–water partition coefficient (Wildman–Crippen LogP) is 2.23. The molecule has 2 rings (SSSR count). The van der Waals surface area contributed by atoms with Gasteiger partial charge in [0.1, 0.15) is 11.5 Å². The average molecular weight is 313 g/mol. The van der Waals surface area contributed by atoms with Crippen LogP contribution >= 0.6 is 0 Å². The average Bonchev–Trinajstić information content (AvgIpc) is 3.06. The van der Waals surface area contributed by atoms with Crippen LogP contribution in [0.2, 0.25) is 0 Å². The van der Waals surface area contributed by atoms with Gasteiger partial charge < -0.3 is 14.4 Å². The summed E-state index contributed by atoms with van der Waals surface area (Å²) in [5.74, 6) is -5.32. The number of ether oxygens (including phenoxy) is 2. The Balaban J connectivity index is 2.52. The maximum absolute atomic E-state index is 14.6. The van der Waals surface area contributed by atoms with E-state index in [1.165, 1.54) is 20.3 Å². The van der Waals surface area contributed by atoms with Gasteiger partial charge in [-0.2, -0.15) is 8.78 Å². The van der Waals surface area contributed by atoms with E-state index in [-0.39, 0.29) is 17.1 Å². The van der Waals surface area contributed by atoms with Crippen LogP contribution in [0, 0.1) is 0 Å². The van der Waals surface area contributed by atoms with Crippen LogP contribution in [0.5, 0.6) is 11.5 Å². The Morgan fingerprint density at radius 2 is 1.86 bits per heavy atom. The second-order valence-corrected chi connectivity index (χ2v) is 4.99. The van der Waals surface area contributed by atoms with Gasteiger partial charge in [-0.25, -0.2) is 0 Å². The number of hydrogen-bond donors (Lipinski definition) is 0. The maximum atomic E-state index is 14.6. The van der Waals surface area contributed by atoms with Gasteiger partial charge in [-0.05, 0) is 25.0 Å². The number of halogens is 2. The molecule has 0 atom stereocenters. The molecule has 0 radical (unpaired) electrons. The molecule has 0 aromatic heterocycles. The first kappa shape index (κ1) is 16.2. The molecule has 1 amide bonds. The molecule has 7 heteroatoms. The van der Waals surface area contributed by atoms with Gasteiger partial charge in [0.05, 0.1) is 25.3 Å². The Labute approximate surface area is 126 Å². The molecule has 1 fully saturated rings. The summed E-state index contributed by atoms with van der Waals surface area (Å²) in [6.45, 7) is 0.614. The molecular formula is C15H17F2NO4. The molecule has 1 aliphatic heterocycles. The normalized spacial score (nSPS) is 14.8. The smallest absolute Gasteiger partial charge is 0.353 e. The largest absolute Gasteiger partial charge is 0.497 e. The van der Waals surface area contributed by atoms with E-state index in [9.17, 15) is 18.4 Å². The number of benzene rings is 1. The quantitative estimate of drug-likeness (QED) is 0.782. The number of hydrogen-bond acceptors (Lipinski definition) is 4. The van der Waals surface area contributed by atoms with Crippen molar-refractivity contribution in [3.63, 3.8) is 0 Å².